The molecule has 108 valence electrons. The molecule has 1 aromatic heterocycles. The number of anilines is 1. The van der Waals surface area contributed by atoms with Crippen LogP contribution in [0.5, 0.6) is 0 Å². The van der Waals surface area contributed by atoms with Crippen molar-refractivity contribution < 1.29 is 8.42 Å². The fraction of sp³-hybridized carbons (Fsp3) is 0.615. The zero-order chi connectivity index (χ0) is 14.5. The average Bonchev–Trinajstić information content (AvgIpc) is 2.36. The Morgan fingerprint density at radius 3 is 2.53 bits per heavy atom. The van der Waals surface area contributed by atoms with E-state index < -0.39 is 10.0 Å². The fourth-order valence-electron chi connectivity index (χ4n) is 1.88. The summed E-state index contributed by atoms with van der Waals surface area (Å²) >= 11 is 0. The summed E-state index contributed by atoms with van der Waals surface area (Å²) < 4.78 is 27.5. The molecule has 6 heteroatoms. The minimum Gasteiger partial charge on any atom is -0.383 e. The van der Waals surface area contributed by atoms with Crippen LogP contribution in [-0.2, 0) is 10.0 Å². The van der Waals surface area contributed by atoms with Gasteiger partial charge in [-0.15, -0.1) is 0 Å². The lowest BCUT2D eigenvalue weighted by atomic mass is 10.0. The zero-order valence-corrected chi connectivity index (χ0v) is 12.8. The van der Waals surface area contributed by atoms with Gasteiger partial charge in [0, 0.05) is 18.8 Å². The Labute approximate surface area is 115 Å². The molecule has 0 saturated carbocycles. The highest BCUT2D eigenvalue weighted by molar-refractivity contribution is 7.89. The van der Waals surface area contributed by atoms with E-state index in [0.29, 0.717) is 12.2 Å². The molecule has 5 nitrogen and oxygen atoms in total. The molecular formula is C13H23N3O2S. The maximum atomic E-state index is 12.4. The van der Waals surface area contributed by atoms with Crippen molar-refractivity contribution in [2.24, 2.45) is 5.92 Å². The lowest BCUT2D eigenvalue weighted by Gasteiger charge is -2.21. The van der Waals surface area contributed by atoms with Gasteiger partial charge < -0.3 is 5.32 Å². The van der Waals surface area contributed by atoms with Gasteiger partial charge in [-0.05, 0) is 31.4 Å². The van der Waals surface area contributed by atoms with Crippen molar-refractivity contribution in [1.82, 2.24) is 9.71 Å². The predicted molar refractivity (Wildman–Crippen MR) is 77.6 cm³/mol. The third kappa shape index (κ3) is 4.18. The molecule has 1 atom stereocenters. The van der Waals surface area contributed by atoms with Crippen molar-refractivity contribution in [3.8, 4) is 0 Å². The summed E-state index contributed by atoms with van der Waals surface area (Å²) in [5.74, 6) is 0.242. The molecule has 19 heavy (non-hydrogen) atoms. The van der Waals surface area contributed by atoms with Crippen LogP contribution in [-0.4, -0.2) is 26.0 Å². The van der Waals surface area contributed by atoms with Crippen molar-refractivity contribution in [3.63, 3.8) is 0 Å². The fourth-order valence-corrected chi connectivity index (χ4v) is 3.45. The molecule has 2 N–H and O–H groups in total. The lowest BCUT2D eigenvalue weighted by molar-refractivity contribution is 0.436. The molecule has 0 aliphatic carbocycles. The van der Waals surface area contributed by atoms with E-state index in [2.05, 4.69) is 15.0 Å². The number of nitrogens with one attached hydrogen (secondary N) is 2. The van der Waals surface area contributed by atoms with Gasteiger partial charge in [0.2, 0.25) is 0 Å². The number of nitrogens with zero attached hydrogens (tertiary/aromatic N) is 1. The maximum absolute atomic E-state index is 12.4. The minimum atomic E-state index is -3.59. The largest absolute Gasteiger partial charge is 0.383 e. The molecule has 1 unspecified atom stereocenters. The predicted octanol–water partition coefficient (Wildman–Crippen LogP) is 2.23. The van der Waals surface area contributed by atoms with E-state index in [0.717, 1.165) is 6.42 Å². The first-order valence-electron chi connectivity index (χ1n) is 6.63. The van der Waals surface area contributed by atoms with Crippen LogP contribution < -0.4 is 10.0 Å². The Morgan fingerprint density at radius 2 is 2.00 bits per heavy atom. The summed E-state index contributed by atoms with van der Waals surface area (Å²) in [6.07, 6.45) is 2.24. The van der Waals surface area contributed by atoms with Crippen LogP contribution in [0.15, 0.2) is 23.4 Å². The van der Waals surface area contributed by atoms with Gasteiger partial charge in [-0.25, -0.2) is 18.1 Å². The van der Waals surface area contributed by atoms with Crippen molar-refractivity contribution in [2.75, 3.05) is 11.9 Å². The molecule has 1 aromatic rings. The molecule has 0 spiro atoms. The molecule has 0 bridgehead atoms. The lowest BCUT2D eigenvalue weighted by Crippen LogP contribution is -2.38. The van der Waals surface area contributed by atoms with Gasteiger partial charge in [-0.2, -0.15) is 0 Å². The Bertz CT molecular complexity index is 500. The number of pyridine rings is 1. The Kier molecular flexibility index (Phi) is 5.75. The summed E-state index contributed by atoms with van der Waals surface area (Å²) in [5.41, 5.74) is 0.538. The second-order valence-electron chi connectivity index (χ2n) is 4.77. The molecule has 1 heterocycles. The zero-order valence-electron chi connectivity index (χ0n) is 12.0. The van der Waals surface area contributed by atoms with Gasteiger partial charge in [0.15, 0.2) is 5.03 Å². The Hall–Kier alpha value is -1.14. The van der Waals surface area contributed by atoms with Crippen LogP contribution in [0.1, 0.15) is 34.1 Å². The Balaban J connectivity index is 3.06. The topological polar surface area (TPSA) is 71.1 Å². The summed E-state index contributed by atoms with van der Waals surface area (Å²) in [6, 6.07) is 3.36. The van der Waals surface area contributed by atoms with Crippen LogP contribution >= 0.6 is 0 Å². The van der Waals surface area contributed by atoms with E-state index in [4.69, 9.17) is 0 Å². The quantitative estimate of drug-likeness (QED) is 0.806. The van der Waals surface area contributed by atoms with Crippen LogP contribution in [0.3, 0.4) is 0 Å². The highest BCUT2D eigenvalue weighted by Gasteiger charge is 2.24. The van der Waals surface area contributed by atoms with E-state index in [-0.39, 0.29) is 17.0 Å². The molecular weight excluding hydrogens is 262 g/mol. The molecule has 0 aliphatic heterocycles. The van der Waals surface area contributed by atoms with Crippen molar-refractivity contribution in [1.29, 1.82) is 0 Å². The van der Waals surface area contributed by atoms with Gasteiger partial charge >= 0.3 is 0 Å². The van der Waals surface area contributed by atoms with Gasteiger partial charge in [0.25, 0.3) is 10.0 Å². The van der Waals surface area contributed by atoms with Crippen LogP contribution in [0, 0.1) is 5.92 Å². The van der Waals surface area contributed by atoms with E-state index >= 15 is 0 Å². The third-order valence-corrected chi connectivity index (χ3v) is 4.39. The van der Waals surface area contributed by atoms with Crippen molar-refractivity contribution in [2.45, 2.75) is 45.2 Å². The molecule has 0 aromatic carbocycles. The Morgan fingerprint density at radius 1 is 1.32 bits per heavy atom. The first-order valence-corrected chi connectivity index (χ1v) is 8.11. The number of hydrogen-bond acceptors (Lipinski definition) is 4. The summed E-state index contributed by atoms with van der Waals surface area (Å²) in [5, 5.41) is 3.09. The first kappa shape index (κ1) is 15.9. The highest BCUT2D eigenvalue weighted by atomic mass is 32.2. The summed E-state index contributed by atoms with van der Waals surface area (Å²) in [4.78, 5) is 4.00. The van der Waals surface area contributed by atoms with E-state index in [9.17, 15) is 8.42 Å². The number of rotatable bonds is 7. The number of aromatic nitrogens is 1. The second kappa shape index (κ2) is 6.86. The number of sulfonamides is 1. The molecule has 1 rings (SSSR count). The average molecular weight is 285 g/mol. The van der Waals surface area contributed by atoms with Crippen LogP contribution in [0.4, 0.5) is 5.69 Å². The van der Waals surface area contributed by atoms with Crippen molar-refractivity contribution in [3.05, 3.63) is 18.3 Å². The van der Waals surface area contributed by atoms with Crippen LogP contribution in [0.2, 0.25) is 0 Å². The maximum Gasteiger partial charge on any atom is 0.260 e. The third-order valence-electron chi connectivity index (χ3n) is 2.94. The minimum absolute atomic E-state index is 0.0657. The SMILES string of the molecule is CCNc1cccnc1S(=O)(=O)NC(CC)C(C)C. The van der Waals surface area contributed by atoms with E-state index in [1.54, 1.807) is 12.1 Å². The van der Waals surface area contributed by atoms with Gasteiger partial charge in [0.1, 0.15) is 0 Å². The summed E-state index contributed by atoms with van der Waals surface area (Å²) in [7, 11) is -3.59. The van der Waals surface area contributed by atoms with Gasteiger partial charge in [-0.3, -0.25) is 0 Å². The van der Waals surface area contributed by atoms with Gasteiger partial charge in [-0.1, -0.05) is 20.8 Å². The monoisotopic (exact) mass is 285 g/mol. The highest BCUT2D eigenvalue weighted by Crippen LogP contribution is 2.19. The molecule has 0 aliphatic rings. The standard InChI is InChI=1S/C13H23N3O2S/c1-5-11(10(3)4)16-19(17,18)13-12(14-6-2)8-7-9-15-13/h7-11,14,16H,5-6H2,1-4H3. The molecule has 0 fully saturated rings. The van der Waals surface area contributed by atoms with E-state index in [1.165, 1.54) is 6.20 Å². The van der Waals surface area contributed by atoms with Gasteiger partial charge in [0.05, 0.1) is 5.69 Å². The molecule has 0 amide bonds. The molecule has 0 radical (unpaired) electrons. The van der Waals surface area contributed by atoms with Crippen molar-refractivity contribution >= 4 is 15.7 Å². The number of hydrogen-bond donors (Lipinski definition) is 2. The first-order chi connectivity index (χ1) is 8.92. The second-order valence-corrected chi connectivity index (χ2v) is 6.40. The molecule has 0 saturated heterocycles. The summed E-state index contributed by atoms with van der Waals surface area (Å²) in [6.45, 7) is 8.53. The normalized spacial score (nSPS) is 13.5. The van der Waals surface area contributed by atoms with Crippen LogP contribution in [0.25, 0.3) is 0 Å². The van der Waals surface area contributed by atoms with E-state index in [1.807, 2.05) is 27.7 Å². The smallest absolute Gasteiger partial charge is 0.260 e.